The molecule has 2 heteroatoms. The summed E-state index contributed by atoms with van der Waals surface area (Å²) in [7, 11) is 0. The van der Waals surface area contributed by atoms with Crippen LogP contribution in [0.25, 0.3) is 6.08 Å². The minimum absolute atomic E-state index is 0.141. The van der Waals surface area contributed by atoms with Crippen LogP contribution in [0.5, 0.6) is 0 Å². The van der Waals surface area contributed by atoms with E-state index in [0.717, 1.165) is 29.7 Å². The van der Waals surface area contributed by atoms with Crippen molar-refractivity contribution in [3.63, 3.8) is 0 Å². The first-order chi connectivity index (χ1) is 7.58. The highest BCUT2D eigenvalue weighted by Crippen LogP contribution is 2.37. The van der Waals surface area contributed by atoms with Crippen LogP contribution in [0.3, 0.4) is 0 Å². The number of oxime groups is 1. The van der Waals surface area contributed by atoms with E-state index in [4.69, 9.17) is 5.21 Å². The molecule has 0 atom stereocenters. The Kier molecular flexibility index (Phi) is 2.58. The third-order valence-electron chi connectivity index (χ3n) is 3.43. The van der Waals surface area contributed by atoms with Crippen LogP contribution in [-0.4, -0.2) is 10.9 Å². The fourth-order valence-corrected chi connectivity index (χ4v) is 2.30. The van der Waals surface area contributed by atoms with Gasteiger partial charge in [-0.2, -0.15) is 0 Å². The van der Waals surface area contributed by atoms with Crippen molar-refractivity contribution in [1.29, 1.82) is 0 Å². The van der Waals surface area contributed by atoms with Gasteiger partial charge in [0.05, 0.1) is 5.71 Å². The lowest BCUT2D eigenvalue weighted by Gasteiger charge is -2.33. The molecular weight excluding hydrogens is 198 g/mol. The summed E-state index contributed by atoms with van der Waals surface area (Å²) in [6.07, 6.45) is 3.70. The lowest BCUT2D eigenvalue weighted by molar-refractivity contribution is 0.315. The van der Waals surface area contributed by atoms with Crippen molar-refractivity contribution in [3.05, 3.63) is 41.5 Å². The number of hydrogen-bond donors (Lipinski definition) is 1. The summed E-state index contributed by atoms with van der Waals surface area (Å²) in [5, 5.41) is 12.4. The second-order valence-electron chi connectivity index (χ2n) is 4.94. The Balaban J connectivity index is 2.64. The molecule has 0 unspecified atom stereocenters. The van der Waals surface area contributed by atoms with Crippen LogP contribution < -0.4 is 0 Å². The molecular formula is C14H17NO. The van der Waals surface area contributed by atoms with Gasteiger partial charge in [-0.1, -0.05) is 49.9 Å². The molecule has 0 aliphatic heterocycles. The van der Waals surface area contributed by atoms with Gasteiger partial charge in [0.2, 0.25) is 0 Å². The second-order valence-corrected chi connectivity index (χ2v) is 4.94. The van der Waals surface area contributed by atoms with Crippen molar-refractivity contribution in [3.8, 4) is 0 Å². The topological polar surface area (TPSA) is 32.6 Å². The summed E-state index contributed by atoms with van der Waals surface area (Å²) in [6, 6.07) is 6.19. The van der Waals surface area contributed by atoms with Crippen molar-refractivity contribution >= 4 is 11.8 Å². The number of fused-ring (bicyclic) bond motifs is 1. The van der Waals surface area contributed by atoms with Gasteiger partial charge in [0, 0.05) is 5.56 Å². The highest BCUT2D eigenvalue weighted by atomic mass is 16.4. The van der Waals surface area contributed by atoms with Crippen LogP contribution in [-0.2, 0) is 5.41 Å². The summed E-state index contributed by atoms with van der Waals surface area (Å²) in [5.41, 5.74) is 4.38. The maximum atomic E-state index is 9.00. The van der Waals surface area contributed by atoms with Crippen molar-refractivity contribution in [2.75, 3.05) is 0 Å². The van der Waals surface area contributed by atoms with Gasteiger partial charge < -0.3 is 5.21 Å². The maximum Gasteiger partial charge on any atom is 0.0871 e. The molecule has 1 aromatic carbocycles. The summed E-state index contributed by atoms with van der Waals surface area (Å²) in [4.78, 5) is 0. The molecule has 1 aliphatic carbocycles. The Morgan fingerprint density at radius 2 is 2.19 bits per heavy atom. The SMILES string of the molecule is C=Cc1ccc2c(c1)C(C)(C)CC/C2=N\O. The molecule has 16 heavy (non-hydrogen) atoms. The molecule has 84 valence electrons. The second kappa shape index (κ2) is 3.78. The van der Waals surface area contributed by atoms with Crippen LogP contribution in [0.1, 0.15) is 43.4 Å². The molecule has 0 bridgehead atoms. The zero-order chi connectivity index (χ0) is 11.8. The van der Waals surface area contributed by atoms with Gasteiger partial charge >= 0.3 is 0 Å². The summed E-state index contributed by atoms with van der Waals surface area (Å²) in [5.74, 6) is 0. The molecule has 2 rings (SSSR count). The number of nitrogens with zero attached hydrogens (tertiary/aromatic N) is 1. The molecule has 1 aliphatic rings. The first-order valence-electron chi connectivity index (χ1n) is 5.57. The lowest BCUT2D eigenvalue weighted by atomic mass is 9.71. The van der Waals surface area contributed by atoms with Crippen LogP contribution in [0, 0.1) is 0 Å². The maximum absolute atomic E-state index is 9.00. The van der Waals surface area contributed by atoms with E-state index in [1.807, 2.05) is 18.2 Å². The van der Waals surface area contributed by atoms with Gasteiger partial charge in [0.1, 0.15) is 0 Å². The quantitative estimate of drug-likeness (QED) is 0.563. The minimum atomic E-state index is 0.141. The average molecular weight is 215 g/mol. The van der Waals surface area contributed by atoms with Gasteiger partial charge in [0.25, 0.3) is 0 Å². The summed E-state index contributed by atoms with van der Waals surface area (Å²) in [6.45, 7) is 8.25. The van der Waals surface area contributed by atoms with Crippen LogP contribution >= 0.6 is 0 Å². The van der Waals surface area contributed by atoms with E-state index in [0.29, 0.717) is 0 Å². The van der Waals surface area contributed by atoms with E-state index in [-0.39, 0.29) is 5.41 Å². The zero-order valence-corrected chi connectivity index (χ0v) is 9.83. The van der Waals surface area contributed by atoms with Gasteiger partial charge in [-0.25, -0.2) is 0 Å². The van der Waals surface area contributed by atoms with E-state index in [1.165, 1.54) is 5.56 Å². The van der Waals surface area contributed by atoms with Crippen molar-refractivity contribution in [1.82, 2.24) is 0 Å². The van der Waals surface area contributed by atoms with E-state index in [9.17, 15) is 0 Å². The molecule has 0 heterocycles. The highest BCUT2D eigenvalue weighted by molar-refractivity contribution is 6.03. The first kappa shape index (κ1) is 10.9. The molecule has 2 nitrogen and oxygen atoms in total. The fourth-order valence-electron chi connectivity index (χ4n) is 2.30. The number of hydrogen-bond acceptors (Lipinski definition) is 2. The Morgan fingerprint density at radius 3 is 2.81 bits per heavy atom. The van der Waals surface area contributed by atoms with Crippen molar-refractivity contribution in [2.24, 2.45) is 5.16 Å². The molecule has 0 saturated heterocycles. The van der Waals surface area contributed by atoms with Gasteiger partial charge in [-0.05, 0) is 29.4 Å². The van der Waals surface area contributed by atoms with Gasteiger partial charge in [0.15, 0.2) is 0 Å². The highest BCUT2D eigenvalue weighted by Gasteiger charge is 2.30. The molecule has 1 aromatic rings. The summed E-state index contributed by atoms with van der Waals surface area (Å²) >= 11 is 0. The first-order valence-corrected chi connectivity index (χ1v) is 5.57. The fraction of sp³-hybridized carbons (Fsp3) is 0.357. The molecule has 0 fully saturated rings. The Morgan fingerprint density at radius 1 is 1.44 bits per heavy atom. The molecule has 0 saturated carbocycles. The van der Waals surface area contributed by atoms with E-state index in [2.05, 4.69) is 31.6 Å². The lowest BCUT2D eigenvalue weighted by Crippen LogP contribution is -2.27. The van der Waals surface area contributed by atoms with E-state index in [1.54, 1.807) is 0 Å². The molecule has 1 N–H and O–H groups in total. The predicted molar refractivity (Wildman–Crippen MR) is 67.1 cm³/mol. The van der Waals surface area contributed by atoms with Crippen molar-refractivity contribution < 1.29 is 5.21 Å². The molecule has 0 spiro atoms. The van der Waals surface area contributed by atoms with Crippen LogP contribution in [0.15, 0.2) is 29.9 Å². The monoisotopic (exact) mass is 215 g/mol. The Hall–Kier alpha value is -1.57. The van der Waals surface area contributed by atoms with E-state index < -0.39 is 0 Å². The largest absolute Gasteiger partial charge is 0.411 e. The van der Waals surface area contributed by atoms with E-state index >= 15 is 0 Å². The van der Waals surface area contributed by atoms with Crippen LogP contribution in [0.4, 0.5) is 0 Å². The third-order valence-corrected chi connectivity index (χ3v) is 3.43. The zero-order valence-electron chi connectivity index (χ0n) is 9.83. The predicted octanol–water partition coefficient (Wildman–Crippen LogP) is 3.58. The number of benzene rings is 1. The van der Waals surface area contributed by atoms with Crippen LogP contribution in [0.2, 0.25) is 0 Å². The average Bonchev–Trinajstić information content (AvgIpc) is 2.29. The molecule has 0 amide bonds. The number of rotatable bonds is 1. The summed E-state index contributed by atoms with van der Waals surface area (Å²) < 4.78 is 0. The van der Waals surface area contributed by atoms with Gasteiger partial charge in [-0.15, -0.1) is 0 Å². The Labute approximate surface area is 96.3 Å². The Bertz CT molecular complexity index is 458. The van der Waals surface area contributed by atoms with Gasteiger partial charge in [-0.3, -0.25) is 0 Å². The normalized spacial score (nSPS) is 20.5. The smallest absolute Gasteiger partial charge is 0.0871 e. The minimum Gasteiger partial charge on any atom is -0.411 e. The van der Waals surface area contributed by atoms with Crippen molar-refractivity contribution in [2.45, 2.75) is 32.1 Å². The molecule has 0 radical (unpaired) electrons. The molecule has 0 aromatic heterocycles. The standard InChI is InChI=1S/C14H17NO/c1-4-10-5-6-11-12(9-10)14(2,3)8-7-13(11)15-16/h4-6,9,16H,1,7-8H2,2-3H3/b15-13+. The third kappa shape index (κ3) is 1.64.